The Morgan fingerprint density at radius 1 is 1.04 bits per heavy atom. The number of H-pyrrole nitrogens is 1. The van der Waals surface area contributed by atoms with Gasteiger partial charge in [-0.2, -0.15) is 4.31 Å². The second-order valence-corrected chi connectivity index (χ2v) is 14.8. The molecule has 0 aliphatic heterocycles. The first-order chi connectivity index (χ1) is 22.0. The monoisotopic (exact) mass is 673 g/mol. The number of carbonyl (C=O) groups is 3. The van der Waals surface area contributed by atoms with E-state index in [-0.39, 0.29) is 48.7 Å². The highest BCUT2D eigenvalue weighted by molar-refractivity contribution is 7.89. The summed E-state index contributed by atoms with van der Waals surface area (Å²) in [5.74, 6) is -0.870. The van der Waals surface area contributed by atoms with Crippen molar-refractivity contribution in [1.82, 2.24) is 30.2 Å². The number of amides is 3. The first-order valence-electron chi connectivity index (χ1n) is 15.4. The summed E-state index contributed by atoms with van der Waals surface area (Å²) in [7, 11) is -1.32. The quantitative estimate of drug-likeness (QED) is 0.140. The van der Waals surface area contributed by atoms with E-state index in [1.165, 1.54) is 29.6 Å². The molecule has 1 aromatic heterocycles. The lowest BCUT2D eigenvalue weighted by Crippen LogP contribution is -2.59. The minimum atomic E-state index is -4.16. The number of hydrogen-bond acceptors (Lipinski definition) is 9. The molecule has 47 heavy (non-hydrogen) atoms. The number of benzene rings is 2. The number of nitrogens with zero attached hydrogens (tertiary/aromatic N) is 2. The number of fused-ring (bicyclic) bond motifs is 1. The van der Waals surface area contributed by atoms with Crippen LogP contribution in [0.2, 0.25) is 0 Å². The molecule has 0 aliphatic rings. The van der Waals surface area contributed by atoms with Crippen molar-refractivity contribution in [3.63, 3.8) is 0 Å². The maximum atomic E-state index is 14.1. The molecule has 2 aromatic carbocycles. The fraction of sp³-hybridized carbons (Fsp3) is 0.500. The van der Waals surface area contributed by atoms with Gasteiger partial charge in [-0.25, -0.2) is 18.2 Å². The van der Waals surface area contributed by atoms with Crippen molar-refractivity contribution in [2.75, 3.05) is 39.1 Å². The molecule has 1 heterocycles. The number of carbonyl (C=O) groups excluding carboxylic acids is 3. The number of imidazole rings is 1. The number of anilines is 1. The second kappa shape index (κ2) is 16.2. The zero-order valence-corrected chi connectivity index (χ0v) is 28.8. The highest BCUT2D eigenvalue weighted by Crippen LogP contribution is 2.24. The first kappa shape index (κ1) is 37.4. The summed E-state index contributed by atoms with van der Waals surface area (Å²) >= 11 is 0. The highest BCUT2D eigenvalue weighted by Gasteiger charge is 2.36. The Hall–Kier alpha value is -4.05. The fourth-order valence-electron chi connectivity index (χ4n) is 4.98. The van der Waals surface area contributed by atoms with Gasteiger partial charge in [-0.05, 0) is 48.6 Å². The molecule has 0 aliphatic carbocycles. The van der Waals surface area contributed by atoms with Crippen LogP contribution in [0.25, 0.3) is 11.0 Å². The molecule has 3 rings (SSSR count). The van der Waals surface area contributed by atoms with Crippen LogP contribution in [-0.2, 0) is 30.8 Å². The van der Waals surface area contributed by atoms with Crippen LogP contribution in [0.1, 0.15) is 40.2 Å². The van der Waals surface area contributed by atoms with Crippen molar-refractivity contribution >= 4 is 44.9 Å². The zero-order chi connectivity index (χ0) is 34.9. The van der Waals surface area contributed by atoms with Crippen molar-refractivity contribution in [2.24, 2.45) is 11.3 Å². The SMILES string of the molecule is CNCC(=O)NC(C(=O)NC(Cc1ccccc1)C(O)CN(CC(C)C)S(=O)(=O)c1ccc2nc(NC(=O)OC)[nH]c2c1)C(C)(C)C. The number of rotatable bonds is 15. The van der Waals surface area contributed by atoms with Crippen LogP contribution in [-0.4, -0.2) is 97.7 Å². The van der Waals surface area contributed by atoms with Gasteiger partial charge in [0.05, 0.1) is 41.7 Å². The van der Waals surface area contributed by atoms with Gasteiger partial charge in [0.2, 0.25) is 27.8 Å². The largest absolute Gasteiger partial charge is 0.453 e. The van der Waals surface area contributed by atoms with Gasteiger partial charge in [-0.3, -0.25) is 14.9 Å². The number of nitrogens with one attached hydrogen (secondary N) is 5. The maximum absolute atomic E-state index is 14.1. The first-order valence-corrected chi connectivity index (χ1v) is 16.8. The molecule has 6 N–H and O–H groups in total. The Bertz CT molecular complexity index is 1620. The molecule has 3 unspecified atom stereocenters. The smallest absolute Gasteiger partial charge is 0.413 e. The minimum Gasteiger partial charge on any atom is -0.453 e. The van der Waals surface area contributed by atoms with E-state index in [4.69, 9.17) is 0 Å². The third-order valence-corrected chi connectivity index (χ3v) is 9.15. The predicted octanol–water partition coefficient (Wildman–Crippen LogP) is 2.23. The van der Waals surface area contributed by atoms with E-state index in [1.807, 2.05) is 65.0 Å². The molecule has 14 nitrogen and oxygen atoms in total. The minimum absolute atomic E-state index is 0.0192. The molecule has 258 valence electrons. The van der Waals surface area contributed by atoms with Crippen LogP contribution in [0.5, 0.6) is 0 Å². The molecular formula is C32H47N7O7S. The van der Waals surface area contributed by atoms with Crippen LogP contribution >= 0.6 is 0 Å². The summed E-state index contributed by atoms with van der Waals surface area (Å²) in [5, 5.41) is 22.5. The molecule has 0 radical (unpaired) electrons. The van der Waals surface area contributed by atoms with Gasteiger partial charge in [-0.1, -0.05) is 65.0 Å². The lowest BCUT2D eigenvalue weighted by molar-refractivity contribution is -0.132. The Labute approximate surface area is 276 Å². The molecule has 15 heteroatoms. The van der Waals surface area contributed by atoms with Crippen molar-refractivity contribution < 1.29 is 32.6 Å². The number of likely N-dealkylation sites (N-methyl/N-ethyl adjacent to an activating group) is 1. The summed E-state index contributed by atoms with van der Waals surface area (Å²) in [4.78, 5) is 44.8. The normalized spacial score (nSPS) is 14.1. The standard InChI is InChI=1S/C32H47N7O7S/c1-20(2)18-39(47(44,45)22-13-14-23-24(16-22)36-30(35-23)38-31(43)46-7)19-26(40)25(15-21-11-9-8-10-12-21)34-29(42)28(32(3,4)5)37-27(41)17-33-6/h8-14,16,20,25-26,28,33,40H,15,17-19H2,1-7H3,(H,34,42)(H,37,41)(H2,35,36,38,43). The van der Waals surface area contributed by atoms with Gasteiger partial charge in [0.15, 0.2) is 0 Å². The highest BCUT2D eigenvalue weighted by atomic mass is 32.2. The molecule has 0 saturated heterocycles. The molecule has 0 fully saturated rings. The van der Waals surface area contributed by atoms with Crippen LogP contribution in [0, 0.1) is 11.3 Å². The van der Waals surface area contributed by atoms with Crippen molar-refractivity contribution in [3.8, 4) is 0 Å². The lowest BCUT2D eigenvalue weighted by atomic mass is 9.85. The lowest BCUT2D eigenvalue weighted by Gasteiger charge is -2.34. The zero-order valence-electron chi connectivity index (χ0n) is 28.0. The summed E-state index contributed by atoms with van der Waals surface area (Å²) in [6.45, 7) is 8.98. The summed E-state index contributed by atoms with van der Waals surface area (Å²) in [6, 6.07) is 11.7. The number of aromatic nitrogens is 2. The van der Waals surface area contributed by atoms with E-state index in [2.05, 4.69) is 36.0 Å². The predicted molar refractivity (Wildman–Crippen MR) is 179 cm³/mol. The Kier molecular flexibility index (Phi) is 12.9. The number of ether oxygens (including phenoxy) is 1. The van der Waals surface area contributed by atoms with E-state index < -0.39 is 45.6 Å². The molecule has 3 amide bonds. The fourth-order valence-corrected chi connectivity index (χ4v) is 6.63. The Balaban J connectivity index is 1.94. The van der Waals surface area contributed by atoms with Crippen LogP contribution < -0.4 is 21.3 Å². The number of aliphatic hydroxyl groups is 1. The van der Waals surface area contributed by atoms with Gasteiger partial charge in [0.25, 0.3) is 0 Å². The van der Waals surface area contributed by atoms with E-state index in [9.17, 15) is 27.9 Å². The Morgan fingerprint density at radius 2 is 1.72 bits per heavy atom. The third kappa shape index (κ3) is 10.5. The van der Waals surface area contributed by atoms with Crippen LogP contribution in [0.4, 0.5) is 10.7 Å². The number of sulfonamides is 1. The molecule has 3 aromatic rings. The van der Waals surface area contributed by atoms with Crippen LogP contribution in [0.3, 0.4) is 0 Å². The Morgan fingerprint density at radius 3 is 2.32 bits per heavy atom. The van der Waals surface area contributed by atoms with Gasteiger partial charge in [0.1, 0.15) is 6.04 Å². The van der Waals surface area contributed by atoms with E-state index in [0.29, 0.717) is 11.0 Å². The van der Waals surface area contributed by atoms with E-state index in [1.54, 1.807) is 7.05 Å². The van der Waals surface area contributed by atoms with Crippen molar-refractivity contribution in [1.29, 1.82) is 0 Å². The van der Waals surface area contributed by atoms with Crippen molar-refractivity contribution in [2.45, 2.75) is 64.1 Å². The van der Waals surface area contributed by atoms with Gasteiger partial charge >= 0.3 is 6.09 Å². The average Bonchev–Trinajstić information content (AvgIpc) is 3.40. The third-order valence-electron chi connectivity index (χ3n) is 7.32. The number of hydrogen-bond donors (Lipinski definition) is 6. The molecule has 0 bridgehead atoms. The average molecular weight is 674 g/mol. The van der Waals surface area contributed by atoms with E-state index >= 15 is 0 Å². The number of methoxy groups -OCH3 is 1. The summed E-state index contributed by atoms with van der Waals surface area (Å²) in [6.07, 6.45) is -1.85. The number of aromatic amines is 1. The van der Waals surface area contributed by atoms with Gasteiger partial charge in [0, 0.05) is 13.1 Å². The molecule has 0 saturated carbocycles. The van der Waals surface area contributed by atoms with E-state index in [0.717, 1.165) is 5.56 Å². The number of aliphatic hydroxyl groups excluding tert-OH is 1. The van der Waals surface area contributed by atoms with Crippen molar-refractivity contribution in [3.05, 3.63) is 54.1 Å². The summed E-state index contributed by atoms with van der Waals surface area (Å²) < 4.78 is 33.9. The van der Waals surface area contributed by atoms with Gasteiger partial charge in [-0.15, -0.1) is 0 Å². The topological polar surface area (TPSA) is 195 Å². The summed E-state index contributed by atoms with van der Waals surface area (Å²) in [5.41, 5.74) is 0.944. The molecule has 0 spiro atoms. The molecular weight excluding hydrogens is 626 g/mol. The maximum Gasteiger partial charge on any atom is 0.413 e. The van der Waals surface area contributed by atoms with Crippen LogP contribution in [0.15, 0.2) is 53.4 Å². The molecule has 3 atom stereocenters. The van der Waals surface area contributed by atoms with Gasteiger partial charge < -0.3 is 30.8 Å². The second-order valence-electron chi connectivity index (χ2n) is 12.9.